The SMILES string of the molecule is CN1CCN(c2ncc(C(=O)NC(Cc3c[nH]c4ccccc34)c3ccccc3)s2)CC1. The number of nitrogens with one attached hydrogen (secondary N) is 2. The number of fused-ring (bicyclic) bond motifs is 1. The Balaban J connectivity index is 1.35. The zero-order valence-electron chi connectivity index (χ0n) is 18.1. The number of thiazole rings is 1. The number of aromatic nitrogens is 2. The van der Waals surface area contributed by atoms with E-state index >= 15 is 0 Å². The maximum Gasteiger partial charge on any atom is 0.263 e. The summed E-state index contributed by atoms with van der Waals surface area (Å²) in [6.45, 7) is 3.92. The molecule has 1 aliphatic heterocycles. The van der Waals surface area contributed by atoms with Crippen molar-refractivity contribution in [3.63, 3.8) is 0 Å². The number of nitrogens with zero attached hydrogens (tertiary/aromatic N) is 3. The van der Waals surface area contributed by atoms with Gasteiger partial charge in [-0.05, 0) is 30.7 Å². The first-order valence-electron chi connectivity index (χ1n) is 11.0. The smallest absolute Gasteiger partial charge is 0.263 e. The van der Waals surface area contributed by atoms with Crippen LogP contribution in [0.3, 0.4) is 0 Å². The fourth-order valence-electron chi connectivity index (χ4n) is 4.20. The second-order valence-electron chi connectivity index (χ2n) is 8.30. The molecule has 164 valence electrons. The van der Waals surface area contributed by atoms with Gasteiger partial charge in [0.2, 0.25) is 0 Å². The van der Waals surface area contributed by atoms with Crippen LogP contribution < -0.4 is 10.2 Å². The second kappa shape index (κ2) is 9.14. The molecule has 1 unspecified atom stereocenters. The van der Waals surface area contributed by atoms with E-state index in [-0.39, 0.29) is 11.9 Å². The van der Waals surface area contributed by atoms with Crippen molar-refractivity contribution >= 4 is 33.3 Å². The molecule has 0 aliphatic carbocycles. The molecule has 1 saturated heterocycles. The highest BCUT2D eigenvalue weighted by Crippen LogP contribution is 2.27. The van der Waals surface area contributed by atoms with E-state index < -0.39 is 0 Å². The Kier molecular flexibility index (Phi) is 5.92. The van der Waals surface area contributed by atoms with Gasteiger partial charge in [0.25, 0.3) is 5.91 Å². The van der Waals surface area contributed by atoms with E-state index in [1.165, 1.54) is 22.3 Å². The number of aromatic amines is 1. The fourth-order valence-corrected chi connectivity index (χ4v) is 5.07. The van der Waals surface area contributed by atoms with Gasteiger partial charge in [-0.15, -0.1) is 0 Å². The van der Waals surface area contributed by atoms with Gasteiger partial charge in [0.05, 0.1) is 12.2 Å². The largest absolute Gasteiger partial charge is 0.361 e. The van der Waals surface area contributed by atoms with E-state index in [0.717, 1.165) is 42.4 Å². The lowest BCUT2D eigenvalue weighted by Crippen LogP contribution is -2.44. The lowest BCUT2D eigenvalue weighted by molar-refractivity contribution is 0.0940. The second-order valence-corrected chi connectivity index (χ2v) is 9.31. The molecule has 1 fully saturated rings. The van der Waals surface area contributed by atoms with Crippen LogP contribution in [-0.2, 0) is 6.42 Å². The normalized spacial score (nSPS) is 15.7. The van der Waals surface area contributed by atoms with Crippen molar-refractivity contribution in [1.82, 2.24) is 20.2 Å². The molecule has 0 bridgehead atoms. The molecule has 0 spiro atoms. The van der Waals surface area contributed by atoms with Crippen LogP contribution in [0.25, 0.3) is 10.9 Å². The number of rotatable bonds is 6. The van der Waals surface area contributed by atoms with Gasteiger partial charge in [0.1, 0.15) is 4.88 Å². The summed E-state index contributed by atoms with van der Waals surface area (Å²) in [4.78, 5) is 26.3. The lowest BCUT2D eigenvalue weighted by Gasteiger charge is -2.32. The Morgan fingerprint density at radius 2 is 1.84 bits per heavy atom. The first kappa shape index (κ1) is 20.7. The van der Waals surface area contributed by atoms with Gasteiger partial charge in [-0.3, -0.25) is 4.79 Å². The fraction of sp³-hybridized carbons (Fsp3) is 0.280. The molecule has 7 heteroatoms. The van der Waals surface area contributed by atoms with Crippen LogP contribution in [0.4, 0.5) is 5.13 Å². The third-order valence-electron chi connectivity index (χ3n) is 6.10. The van der Waals surface area contributed by atoms with Gasteiger partial charge in [0.15, 0.2) is 5.13 Å². The minimum absolute atomic E-state index is 0.0726. The van der Waals surface area contributed by atoms with Crippen molar-refractivity contribution in [2.24, 2.45) is 0 Å². The average molecular weight is 446 g/mol. The zero-order valence-corrected chi connectivity index (χ0v) is 18.9. The molecule has 2 aromatic carbocycles. The van der Waals surface area contributed by atoms with Crippen LogP contribution in [-0.4, -0.2) is 54.0 Å². The molecule has 32 heavy (non-hydrogen) atoms. The molecule has 5 rings (SSSR count). The third kappa shape index (κ3) is 4.40. The van der Waals surface area contributed by atoms with Gasteiger partial charge >= 0.3 is 0 Å². The number of H-pyrrole nitrogens is 1. The minimum atomic E-state index is -0.128. The summed E-state index contributed by atoms with van der Waals surface area (Å²) >= 11 is 1.47. The van der Waals surface area contributed by atoms with Crippen molar-refractivity contribution < 1.29 is 4.79 Å². The number of hydrogen-bond acceptors (Lipinski definition) is 5. The number of benzene rings is 2. The molecule has 4 aromatic rings. The summed E-state index contributed by atoms with van der Waals surface area (Å²) in [5.41, 5.74) is 3.40. The molecule has 2 N–H and O–H groups in total. The summed E-state index contributed by atoms with van der Waals surface area (Å²) in [6.07, 6.45) is 4.47. The standard InChI is InChI=1S/C25H27N5OS/c1-29-11-13-30(14-12-29)25-27-17-23(32-25)24(31)28-22(18-7-3-2-4-8-18)15-19-16-26-21-10-6-5-9-20(19)21/h2-10,16-17,22,26H,11-15H2,1H3,(H,28,31). The van der Waals surface area contributed by atoms with Gasteiger partial charge in [0, 0.05) is 43.3 Å². The average Bonchev–Trinajstić information content (AvgIpc) is 3.48. The maximum absolute atomic E-state index is 13.2. The highest BCUT2D eigenvalue weighted by Gasteiger charge is 2.22. The molecule has 1 aliphatic rings. The topological polar surface area (TPSA) is 64.3 Å². The number of para-hydroxylation sites is 1. The molecule has 0 saturated carbocycles. The number of anilines is 1. The molecule has 1 amide bonds. The van der Waals surface area contributed by atoms with Crippen molar-refractivity contribution in [2.75, 3.05) is 38.1 Å². The monoisotopic (exact) mass is 445 g/mol. The predicted molar refractivity (Wildman–Crippen MR) is 130 cm³/mol. The zero-order chi connectivity index (χ0) is 21.9. The number of likely N-dealkylation sites (N-methyl/N-ethyl adjacent to an activating group) is 1. The van der Waals surface area contributed by atoms with Crippen LogP contribution in [0.5, 0.6) is 0 Å². The predicted octanol–water partition coefficient (Wildman–Crippen LogP) is 4.09. The molecule has 6 nitrogen and oxygen atoms in total. The van der Waals surface area contributed by atoms with Crippen molar-refractivity contribution in [3.8, 4) is 0 Å². The van der Waals surface area contributed by atoms with Gasteiger partial charge < -0.3 is 20.1 Å². The van der Waals surface area contributed by atoms with E-state index in [4.69, 9.17) is 0 Å². The minimum Gasteiger partial charge on any atom is -0.361 e. The Morgan fingerprint density at radius 1 is 1.09 bits per heavy atom. The summed E-state index contributed by atoms with van der Waals surface area (Å²) in [6, 6.07) is 18.3. The maximum atomic E-state index is 13.2. The Labute approximate surface area is 191 Å². The van der Waals surface area contributed by atoms with E-state index in [0.29, 0.717) is 11.3 Å². The Bertz CT molecular complexity index is 1190. The summed E-state index contributed by atoms with van der Waals surface area (Å²) in [5, 5.41) is 5.39. The van der Waals surface area contributed by atoms with Crippen LogP contribution in [0, 0.1) is 0 Å². The number of amides is 1. The van der Waals surface area contributed by atoms with Crippen LogP contribution in [0.2, 0.25) is 0 Å². The third-order valence-corrected chi connectivity index (χ3v) is 7.15. The molecular weight excluding hydrogens is 418 g/mol. The molecule has 0 radical (unpaired) electrons. The van der Waals surface area contributed by atoms with Crippen LogP contribution >= 0.6 is 11.3 Å². The highest BCUT2D eigenvalue weighted by atomic mass is 32.1. The number of hydrogen-bond donors (Lipinski definition) is 2. The Hall–Kier alpha value is -3.16. The van der Waals surface area contributed by atoms with Crippen molar-refractivity contribution in [1.29, 1.82) is 0 Å². The van der Waals surface area contributed by atoms with Gasteiger partial charge in [-0.1, -0.05) is 59.9 Å². The highest BCUT2D eigenvalue weighted by molar-refractivity contribution is 7.17. The summed E-state index contributed by atoms with van der Waals surface area (Å²) in [5.74, 6) is -0.0726. The van der Waals surface area contributed by atoms with E-state index in [1.807, 2.05) is 36.5 Å². The molecule has 1 atom stereocenters. The van der Waals surface area contributed by atoms with Crippen LogP contribution in [0.15, 0.2) is 67.0 Å². The summed E-state index contributed by atoms with van der Waals surface area (Å²) in [7, 11) is 2.13. The lowest BCUT2D eigenvalue weighted by atomic mass is 9.98. The number of carbonyl (C=O) groups is 1. The van der Waals surface area contributed by atoms with E-state index in [9.17, 15) is 4.79 Å². The Morgan fingerprint density at radius 3 is 2.66 bits per heavy atom. The first-order valence-corrected chi connectivity index (χ1v) is 11.8. The van der Waals surface area contributed by atoms with Gasteiger partial charge in [-0.25, -0.2) is 4.98 Å². The summed E-state index contributed by atoms with van der Waals surface area (Å²) < 4.78 is 0. The first-order chi connectivity index (χ1) is 15.7. The van der Waals surface area contributed by atoms with E-state index in [2.05, 4.69) is 56.4 Å². The molecule has 2 aromatic heterocycles. The van der Waals surface area contributed by atoms with Crippen molar-refractivity contribution in [2.45, 2.75) is 12.5 Å². The molecule has 3 heterocycles. The quantitative estimate of drug-likeness (QED) is 0.469. The van der Waals surface area contributed by atoms with Crippen molar-refractivity contribution in [3.05, 3.63) is 83.0 Å². The molecular formula is C25H27N5OS. The van der Waals surface area contributed by atoms with E-state index in [1.54, 1.807) is 6.20 Å². The van der Waals surface area contributed by atoms with Crippen LogP contribution in [0.1, 0.15) is 26.8 Å². The number of carbonyl (C=O) groups excluding carboxylic acids is 1. The number of piperazine rings is 1. The van der Waals surface area contributed by atoms with Gasteiger partial charge in [-0.2, -0.15) is 0 Å².